The van der Waals surface area contributed by atoms with Crippen molar-refractivity contribution in [1.29, 1.82) is 0 Å². The monoisotopic (exact) mass is 213 g/mol. The molecule has 2 rings (SSSR count). The number of benzene rings is 2. The van der Waals surface area contributed by atoms with Gasteiger partial charge in [-0.3, -0.25) is 4.99 Å². The zero-order chi connectivity index (χ0) is 11.4. The molecule has 2 aromatic carbocycles. The van der Waals surface area contributed by atoms with Crippen LogP contribution in [0.2, 0.25) is 0 Å². The Morgan fingerprint density at radius 1 is 1.06 bits per heavy atom. The van der Waals surface area contributed by atoms with E-state index in [4.69, 9.17) is 0 Å². The highest BCUT2D eigenvalue weighted by atomic mass is 19.1. The SMILES string of the molecule is Cc1cccc(C=Nc2ccc(F)cc2)c1. The lowest BCUT2D eigenvalue weighted by atomic mass is 10.1. The predicted octanol–water partition coefficient (Wildman–Crippen LogP) is 3.88. The second kappa shape index (κ2) is 4.71. The first-order valence-electron chi connectivity index (χ1n) is 5.10. The average Bonchev–Trinajstić information content (AvgIpc) is 2.28. The summed E-state index contributed by atoms with van der Waals surface area (Å²) in [5.41, 5.74) is 3.00. The van der Waals surface area contributed by atoms with Crippen molar-refractivity contribution in [2.24, 2.45) is 4.99 Å². The van der Waals surface area contributed by atoms with Gasteiger partial charge in [-0.25, -0.2) is 4.39 Å². The molecular formula is C14H12FN. The summed E-state index contributed by atoms with van der Waals surface area (Å²) in [5.74, 6) is -0.241. The third-order valence-corrected chi connectivity index (χ3v) is 2.23. The van der Waals surface area contributed by atoms with Gasteiger partial charge in [0, 0.05) is 6.21 Å². The lowest BCUT2D eigenvalue weighted by molar-refractivity contribution is 0.628. The molecule has 2 aromatic rings. The summed E-state index contributed by atoms with van der Waals surface area (Å²) >= 11 is 0. The van der Waals surface area contributed by atoms with E-state index in [9.17, 15) is 4.39 Å². The van der Waals surface area contributed by atoms with Crippen molar-refractivity contribution < 1.29 is 4.39 Å². The Morgan fingerprint density at radius 3 is 2.50 bits per heavy atom. The van der Waals surface area contributed by atoms with E-state index >= 15 is 0 Å². The number of hydrogen-bond acceptors (Lipinski definition) is 1. The molecule has 1 nitrogen and oxygen atoms in total. The highest BCUT2D eigenvalue weighted by Gasteiger charge is 1.91. The third kappa shape index (κ3) is 2.76. The number of nitrogens with zero attached hydrogens (tertiary/aromatic N) is 1. The van der Waals surface area contributed by atoms with Crippen molar-refractivity contribution in [3.63, 3.8) is 0 Å². The minimum atomic E-state index is -0.241. The van der Waals surface area contributed by atoms with Gasteiger partial charge in [-0.05, 0) is 36.8 Å². The largest absolute Gasteiger partial charge is 0.256 e. The highest BCUT2D eigenvalue weighted by molar-refractivity contribution is 5.82. The number of halogens is 1. The lowest BCUT2D eigenvalue weighted by Gasteiger charge is -1.96. The van der Waals surface area contributed by atoms with Crippen molar-refractivity contribution in [2.45, 2.75) is 6.92 Å². The smallest absolute Gasteiger partial charge is 0.123 e. The molecule has 0 aliphatic rings. The predicted molar refractivity (Wildman–Crippen MR) is 64.8 cm³/mol. The van der Waals surface area contributed by atoms with Gasteiger partial charge >= 0.3 is 0 Å². The average molecular weight is 213 g/mol. The standard InChI is InChI=1S/C14H12FN/c1-11-3-2-4-12(9-11)10-16-14-7-5-13(15)6-8-14/h2-10H,1H3. The minimum Gasteiger partial charge on any atom is -0.256 e. The molecule has 0 amide bonds. The summed E-state index contributed by atoms with van der Waals surface area (Å²) in [6.45, 7) is 2.04. The van der Waals surface area contributed by atoms with Gasteiger partial charge in [0.2, 0.25) is 0 Å². The second-order valence-corrected chi connectivity index (χ2v) is 3.65. The molecule has 0 saturated carbocycles. The van der Waals surface area contributed by atoms with E-state index in [1.807, 2.05) is 31.2 Å². The molecule has 0 fully saturated rings. The van der Waals surface area contributed by atoms with Crippen LogP contribution in [0, 0.1) is 12.7 Å². The summed E-state index contributed by atoms with van der Waals surface area (Å²) in [7, 11) is 0. The van der Waals surface area contributed by atoms with Crippen LogP contribution in [0.1, 0.15) is 11.1 Å². The van der Waals surface area contributed by atoms with Crippen molar-refractivity contribution in [3.05, 3.63) is 65.5 Å². The Kier molecular flexibility index (Phi) is 3.10. The van der Waals surface area contributed by atoms with Crippen molar-refractivity contribution in [2.75, 3.05) is 0 Å². The normalized spacial score (nSPS) is 10.9. The summed E-state index contributed by atoms with van der Waals surface area (Å²) in [6.07, 6.45) is 1.78. The van der Waals surface area contributed by atoms with Crippen molar-refractivity contribution in [3.8, 4) is 0 Å². The van der Waals surface area contributed by atoms with E-state index in [2.05, 4.69) is 4.99 Å². The van der Waals surface area contributed by atoms with E-state index in [0.717, 1.165) is 11.3 Å². The molecule has 16 heavy (non-hydrogen) atoms. The Bertz CT molecular complexity index is 500. The van der Waals surface area contributed by atoms with Crippen LogP contribution in [0.5, 0.6) is 0 Å². The molecule has 2 heteroatoms. The Morgan fingerprint density at radius 2 is 1.81 bits per heavy atom. The molecule has 0 radical (unpaired) electrons. The molecule has 80 valence electrons. The topological polar surface area (TPSA) is 12.4 Å². The lowest BCUT2D eigenvalue weighted by Crippen LogP contribution is -1.81. The van der Waals surface area contributed by atoms with Crippen LogP contribution in [0.15, 0.2) is 53.5 Å². The summed E-state index contributed by atoms with van der Waals surface area (Å²) in [4.78, 5) is 4.27. The van der Waals surface area contributed by atoms with Gasteiger partial charge in [-0.1, -0.05) is 29.8 Å². The maximum atomic E-state index is 12.7. The summed E-state index contributed by atoms with van der Waals surface area (Å²) in [5, 5.41) is 0. The van der Waals surface area contributed by atoms with E-state index in [1.54, 1.807) is 18.3 Å². The van der Waals surface area contributed by atoms with Crippen LogP contribution in [-0.4, -0.2) is 6.21 Å². The van der Waals surface area contributed by atoms with Crippen LogP contribution >= 0.6 is 0 Å². The summed E-state index contributed by atoms with van der Waals surface area (Å²) < 4.78 is 12.7. The molecule has 0 N–H and O–H groups in total. The highest BCUT2D eigenvalue weighted by Crippen LogP contribution is 2.12. The van der Waals surface area contributed by atoms with Gasteiger partial charge in [0.05, 0.1) is 5.69 Å². The van der Waals surface area contributed by atoms with Crippen LogP contribution in [0.4, 0.5) is 10.1 Å². The number of aliphatic imine (C=N–C) groups is 1. The van der Waals surface area contributed by atoms with E-state index in [1.165, 1.54) is 17.7 Å². The Labute approximate surface area is 94.3 Å². The second-order valence-electron chi connectivity index (χ2n) is 3.65. The summed E-state index contributed by atoms with van der Waals surface area (Å²) in [6, 6.07) is 14.2. The molecule has 0 atom stereocenters. The van der Waals surface area contributed by atoms with Crippen LogP contribution in [0.3, 0.4) is 0 Å². The Balaban J connectivity index is 2.18. The molecule has 0 aliphatic carbocycles. The molecule has 0 spiro atoms. The first-order chi connectivity index (χ1) is 7.74. The van der Waals surface area contributed by atoms with Gasteiger partial charge in [0.25, 0.3) is 0 Å². The van der Waals surface area contributed by atoms with Crippen molar-refractivity contribution >= 4 is 11.9 Å². The minimum absolute atomic E-state index is 0.241. The Hall–Kier alpha value is -1.96. The van der Waals surface area contributed by atoms with Gasteiger partial charge < -0.3 is 0 Å². The van der Waals surface area contributed by atoms with Gasteiger partial charge in [0.1, 0.15) is 5.82 Å². The third-order valence-electron chi connectivity index (χ3n) is 2.23. The van der Waals surface area contributed by atoms with E-state index in [0.29, 0.717) is 0 Å². The number of aryl methyl sites for hydroxylation is 1. The number of hydrogen-bond donors (Lipinski definition) is 0. The first-order valence-corrected chi connectivity index (χ1v) is 5.10. The number of rotatable bonds is 2. The zero-order valence-corrected chi connectivity index (χ0v) is 9.02. The molecule has 0 heterocycles. The molecule has 0 saturated heterocycles. The van der Waals surface area contributed by atoms with E-state index < -0.39 is 0 Å². The van der Waals surface area contributed by atoms with Crippen LogP contribution in [0.25, 0.3) is 0 Å². The molecule has 0 aromatic heterocycles. The van der Waals surface area contributed by atoms with Crippen LogP contribution < -0.4 is 0 Å². The molecule has 0 aliphatic heterocycles. The van der Waals surface area contributed by atoms with Gasteiger partial charge in [0.15, 0.2) is 0 Å². The molecule has 0 unspecified atom stereocenters. The maximum Gasteiger partial charge on any atom is 0.123 e. The maximum absolute atomic E-state index is 12.7. The first kappa shape index (κ1) is 10.6. The quantitative estimate of drug-likeness (QED) is 0.671. The fourth-order valence-corrected chi connectivity index (χ4v) is 1.43. The van der Waals surface area contributed by atoms with Gasteiger partial charge in [-0.2, -0.15) is 0 Å². The van der Waals surface area contributed by atoms with Gasteiger partial charge in [-0.15, -0.1) is 0 Å². The molecule has 0 bridgehead atoms. The van der Waals surface area contributed by atoms with Crippen molar-refractivity contribution in [1.82, 2.24) is 0 Å². The fourth-order valence-electron chi connectivity index (χ4n) is 1.43. The molecular weight excluding hydrogens is 201 g/mol. The van der Waals surface area contributed by atoms with Crippen LogP contribution in [-0.2, 0) is 0 Å². The van der Waals surface area contributed by atoms with E-state index in [-0.39, 0.29) is 5.82 Å². The zero-order valence-electron chi connectivity index (χ0n) is 9.02. The fraction of sp³-hybridized carbons (Fsp3) is 0.0714.